The SMILES string of the molecule is CC(C)CCCNCc1cc(Br)c2c(c1)OCCO2. The summed E-state index contributed by atoms with van der Waals surface area (Å²) < 4.78 is 12.2. The van der Waals surface area contributed by atoms with E-state index in [-0.39, 0.29) is 0 Å². The molecule has 0 aromatic heterocycles. The van der Waals surface area contributed by atoms with E-state index < -0.39 is 0 Å². The first-order valence-electron chi connectivity index (χ1n) is 6.95. The second-order valence-corrected chi connectivity index (χ2v) is 6.17. The number of hydrogen-bond donors (Lipinski definition) is 1. The second kappa shape index (κ2) is 7.15. The molecule has 3 nitrogen and oxygen atoms in total. The first-order chi connectivity index (χ1) is 9.16. The van der Waals surface area contributed by atoms with Gasteiger partial charge >= 0.3 is 0 Å². The topological polar surface area (TPSA) is 30.5 Å². The summed E-state index contributed by atoms with van der Waals surface area (Å²) in [5, 5.41) is 3.47. The van der Waals surface area contributed by atoms with Crippen LogP contribution in [-0.2, 0) is 6.54 Å². The Morgan fingerprint density at radius 3 is 2.84 bits per heavy atom. The van der Waals surface area contributed by atoms with E-state index in [1.165, 1.54) is 18.4 Å². The summed E-state index contributed by atoms with van der Waals surface area (Å²) in [6, 6.07) is 4.16. The molecule has 0 aliphatic carbocycles. The minimum absolute atomic E-state index is 0.623. The normalized spacial score (nSPS) is 13.9. The van der Waals surface area contributed by atoms with Gasteiger partial charge in [0.1, 0.15) is 13.2 Å². The molecule has 0 fully saturated rings. The molecule has 0 unspecified atom stereocenters. The van der Waals surface area contributed by atoms with E-state index >= 15 is 0 Å². The van der Waals surface area contributed by atoms with Crippen molar-refractivity contribution in [1.82, 2.24) is 5.32 Å². The van der Waals surface area contributed by atoms with Crippen LogP contribution in [0.1, 0.15) is 32.3 Å². The minimum atomic E-state index is 0.623. The molecule has 1 heterocycles. The average molecular weight is 328 g/mol. The Morgan fingerprint density at radius 2 is 2.05 bits per heavy atom. The monoisotopic (exact) mass is 327 g/mol. The van der Waals surface area contributed by atoms with Gasteiger partial charge in [0.2, 0.25) is 0 Å². The Hall–Kier alpha value is -0.740. The second-order valence-electron chi connectivity index (χ2n) is 5.31. The third kappa shape index (κ3) is 4.39. The van der Waals surface area contributed by atoms with Crippen LogP contribution >= 0.6 is 15.9 Å². The quantitative estimate of drug-likeness (QED) is 0.807. The molecule has 106 valence electrons. The predicted octanol–water partition coefficient (Wildman–Crippen LogP) is 3.75. The van der Waals surface area contributed by atoms with Gasteiger partial charge in [-0.2, -0.15) is 0 Å². The van der Waals surface area contributed by atoms with Crippen LogP contribution in [0.15, 0.2) is 16.6 Å². The third-order valence-electron chi connectivity index (χ3n) is 3.12. The van der Waals surface area contributed by atoms with Crippen molar-refractivity contribution in [2.24, 2.45) is 5.92 Å². The fourth-order valence-electron chi connectivity index (χ4n) is 2.13. The van der Waals surface area contributed by atoms with Gasteiger partial charge in [0.05, 0.1) is 4.47 Å². The Bertz CT molecular complexity index is 421. The van der Waals surface area contributed by atoms with Crippen LogP contribution in [0, 0.1) is 5.92 Å². The van der Waals surface area contributed by atoms with E-state index in [0.29, 0.717) is 13.2 Å². The van der Waals surface area contributed by atoms with Crippen molar-refractivity contribution in [3.8, 4) is 11.5 Å². The number of ether oxygens (including phenoxy) is 2. The van der Waals surface area contributed by atoms with Gasteiger partial charge < -0.3 is 14.8 Å². The van der Waals surface area contributed by atoms with Crippen LogP contribution < -0.4 is 14.8 Å². The number of benzene rings is 1. The average Bonchev–Trinajstić information content (AvgIpc) is 2.38. The van der Waals surface area contributed by atoms with Crippen LogP contribution in [0.4, 0.5) is 0 Å². The smallest absolute Gasteiger partial charge is 0.175 e. The maximum atomic E-state index is 5.62. The number of rotatable bonds is 6. The summed E-state index contributed by atoms with van der Waals surface area (Å²) in [4.78, 5) is 0. The molecule has 0 saturated carbocycles. The third-order valence-corrected chi connectivity index (χ3v) is 3.71. The van der Waals surface area contributed by atoms with Gasteiger partial charge in [-0.25, -0.2) is 0 Å². The highest BCUT2D eigenvalue weighted by atomic mass is 79.9. The zero-order chi connectivity index (χ0) is 13.7. The van der Waals surface area contributed by atoms with Gasteiger partial charge in [0.15, 0.2) is 11.5 Å². The highest BCUT2D eigenvalue weighted by Gasteiger charge is 2.15. The van der Waals surface area contributed by atoms with Crippen LogP contribution in [0.3, 0.4) is 0 Å². The molecule has 2 rings (SSSR count). The van der Waals surface area contributed by atoms with Crippen LogP contribution in [0.2, 0.25) is 0 Å². The zero-order valence-electron chi connectivity index (χ0n) is 11.7. The zero-order valence-corrected chi connectivity index (χ0v) is 13.3. The molecule has 0 radical (unpaired) electrons. The van der Waals surface area contributed by atoms with Crippen molar-refractivity contribution >= 4 is 15.9 Å². The van der Waals surface area contributed by atoms with Gasteiger partial charge in [0, 0.05) is 6.54 Å². The summed E-state index contributed by atoms with van der Waals surface area (Å²) in [5.41, 5.74) is 1.22. The fourth-order valence-corrected chi connectivity index (χ4v) is 2.74. The summed E-state index contributed by atoms with van der Waals surface area (Å²) >= 11 is 3.54. The van der Waals surface area contributed by atoms with Crippen molar-refractivity contribution in [2.75, 3.05) is 19.8 Å². The lowest BCUT2D eigenvalue weighted by molar-refractivity contribution is 0.170. The van der Waals surface area contributed by atoms with Crippen molar-refractivity contribution in [3.05, 3.63) is 22.2 Å². The van der Waals surface area contributed by atoms with Gasteiger partial charge in [0.25, 0.3) is 0 Å². The molecule has 0 amide bonds. The van der Waals surface area contributed by atoms with E-state index in [1.807, 2.05) is 0 Å². The van der Waals surface area contributed by atoms with Gasteiger partial charge in [-0.05, 0) is 58.9 Å². The van der Waals surface area contributed by atoms with Crippen molar-refractivity contribution < 1.29 is 9.47 Å². The molecule has 1 N–H and O–H groups in total. The number of hydrogen-bond acceptors (Lipinski definition) is 3. The molecule has 4 heteroatoms. The first kappa shape index (κ1) is 14.7. The first-order valence-corrected chi connectivity index (χ1v) is 7.75. The lowest BCUT2D eigenvalue weighted by atomic mass is 10.1. The lowest BCUT2D eigenvalue weighted by Gasteiger charge is -2.20. The van der Waals surface area contributed by atoms with E-state index in [4.69, 9.17) is 9.47 Å². The molecule has 1 aromatic carbocycles. The Labute approximate surface area is 123 Å². The number of fused-ring (bicyclic) bond motifs is 1. The molecule has 1 aromatic rings. The highest BCUT2D eigenvalue weighted by molar-refractivity contribution is 9.10. The van der Waals surface area contributed by atoms with Crippen LogP contribution in [0.25, 0.3) is 0 Å². The molecule has 0 atom stereocenters. The maximum absolute atomic E-state index is 5.62. The van der Waals surface area contributed by atoms with Crippen molar-refractivity contribution in [2.45, 2.75) is 33.2 Å². The van der Waals surface area contributed by atoms with Crippen molar-refractivity contribution in [3.63, 3.8) is 0 Å². The highest BCUT2D eigenvalue weighted by Crippen LogP contribution is 2.38. The van der Waals surface area contributed by atoms with Gasteiger partial charge in [-0.3, -0.25) is 0 Å². The fraction of sp³-hybridized carbons (Fsp3) is 0.600. The molecule has 1 aliphatic heterocycles. The molecule has 1 aliphatic rings. The molecule has 0 saturated heterocycles. The maximum Gasteiger partial charge on any atom is 0.175 e. The van der Waals surface area contributed by atoms with Crippen LogP contribution in [0.5, 0.6) is 11.5 Å². The number of halogens is 1. The summed E-state index contributed by atoms with van der Waals surface area (Å²) in [7, 11) is 0. The predicted molar refractivity (Wildman–Crippen MR) is 80.9 cm³/mol. The largest absolute Gasteiger partial charge is 0.486 e. The van der Waals surface area contributed by atoms with Gasteiger partial charge in [-0.1, -0.05) is 13.8 Å². The Balaban J connectivity index is 1.85. The summed E-state index contributed by atoms with van der Waals surface area (Å²) in [6.07, 6.45) is 2.50. The molecular weight excluding hydrogens is 306 g/mol. The van der Waals surface area contributed by atoms with E-state index in [1.54, 1.807) is 0 Å². The minimum Gasteiger partial charge on any atom is -0.486 e. The van der Waals surface area contributed by atoms with E-state index in [9.17, 15) is 0 Å². The van der Waals surface area contributed by atoms with Gasteiger partial charge in [-0.15, -0.1) is 0 Å². The summed E-state index contributed by atoms with van der Waals surface area (Å²) in [5.74, 6) is 2.46. The van der Waals surface area contributed by atoms with E-state index in [0.717, 1.165) is 35.0 Å². The molecule has 0 bridgehead atoms. The van der Waals surface area contributed by atoms with Crippen molar-refractivity contribution in [1.29, 1.82) is 0 Å². The summed E-state index contributed by atoms with van der Waals surface area (Å²) in [6.45, 7) is 7.70. The van der Waals surface area contributed by atoms with Crippen LogP contribution in [-0.4, -0.2) is 19.8 Å². The molecular formula is C15H22BrNO2. The Morgan fingerprint density at radius 1 is 1.26 bits per heavy atom. The van der Waals surface area contributed by atoms with E-state index in [2.05, 4.69) is 47.2 Å². The number of nitrogens with one attached hydrogen (secondary N) is 1. The molecule has 0 spiro atoms. The Kier molecular flexibility index (Phi) is 5.52. The molecule has 19 heavy (non-hydrogen) atoms. The standard InChI is InChI=1S/C15H22BrNO2/c1-11(2)4-3-5-17-10-12-8-13(16)15-14(9-12)18-6-7-19-15/h8-9,11,17H,3-7,10H2,1-2H3. The lowest BCUT2D eigenvalue weighted by Crippen LogP contribution is -2.18.